The molecule has 0 saturated carbocycles. The highest BCUT2D eigenvalue weighted by atomic mass is 35.5. The summed E-state index contributed by atoms with van der Waals surface area (Å²) in [6.45, 7) is 10.5. The standard InChI is InChI=1S/C26H29ClN4O3/c1-25(2,3)34-24(33)30-13-11-16(12-14-30)20-10-9-18-22(29-20)31(23(32)26(18,4)5)21-8-6-7-19(27)17(21)15-28/h6-10,16H,11-14H2,1-5H3. The summed E-state index contributed by atoms with van der Waals surface area (Å²) in [6, 6.07) is 11.2. The van der Waals surface area contributed by atoms with Crippen LogP contribution in [-0.2, 0) is 14.9 Å². The summed E-state index contributed by atoms with van der Waals surface area (Å²) in [5.74, 6) is 0.547. The molecule has 178 valence electrons. The van der Waals surface area contributed by atoms with E-state index in [4.69, 9.17) is 21.3 Å². The molecule has 4 rings (SSSR count). The minimum absolute atomic E-state index is 0.148. The van der Waals surface area contributed by atoms with Gasteiger partial charge in [-0.05, 0) is 65.7 Å². The van der Waals surface area contributed by atoms with Crippen molar-refractivity contribution >= 4 is 35.1 Å². The monoisotopic (exact) mass is 480 g/mol. The first-order chi connectivity index (χ1) is 15.9. The Morgan fingerprint density at radius 2 is 1.88 bits per heavy atom. The number of amides is 2. The lowest BCUT2D eigenvalue weighted by molar-refractivity contribution is -0.121. The van der Waals surface area contributed by atoms with E-state index in [1.807, 2.05) is 46.8 Å². The SMILES string of the molecule is CC(C)(C)OC(=O)N1CCC(c2ccc3c(n2)N(c2cccc(Cl)c2C#N)C(=O)C3(C)C)CC1. The highest BCUT2D eigenvalue weighted by molar-refractivity contribution is 6.32. The smallest absolute Gasteiger partial charge is 0.410 e. The molecule has 2 amide bonds. The molecule has 7 nitrogen and oxygen atoms in total. The maximum atomic E-state index is 13.5. The summed E-state index contributed by atoms with van der Waals surface area (Å²) in [5, 5.41) is 9.98. The summed E-state index contributed by atoms with van der Waals surface area (Å²) >= 11 is 6.26. The maximum absolute atomic E-state index is 13.5. The molecule has 2 aliphatic rings. The first-order valence-corrected chi connectivity index (χ1v) is 11.8. The molecule has 0 spiro atoms. The van der Waals surface area contributed by atoms with Crippen molar-refractivity contribution in [2.45, 2.75) is 64.4 Å². The van der Waals surface area contributed by atoms with Crippen molar-refractivity contribution in [3.05, 3.63) is 52.2 Å². The lowest BCUT2D eigenvalue weighted by atomic mass is 9.86. The third kappa shape index (κ3) is 4.23. The summed E-state index contributed by atoms with van der Waals surface area (Å²) in [4.78, 5) is 34.1. The van der Waals surface area contributed by atoms with Crippen molar-refractivity contribution in [1.29, 1.82) is 5.26 Å². The average molecular weight is 481 g/mol. The Morgan fingerprint density at radius 3 is 2.50 bits per heavy atom. The van der Waals surface area contributed by atoms with E-state index in [-0.39, 0.29) is 23.5 Å². The largest absolute Gasteiger partial charge is 0.444 e. The molecule has 0 bridgehead atoms. The number of hydrogen-bond acceptors (Lipinski definition) is 5. The van der Waals surface area contributed by atoms with Crippen molar-refractivity contribution < 1.29 is 14.3 Å². The van der Waals surface area contributed by atoms with Gasteiger partial charge in [0.1, 0.15) is 17.5 Å². The van der Waals surface area contributed by atoms with Crippen LogP contribution in [0.1, 0.15) is 70.2 Å². The second-order valence-corrected chi connectivity index (χ2v) is 10.8. The Bertz CT molecular complexity index is 1190. The van der Waals surface area contributed by atoms with Crippen LogP contribution >= 0.6 is 11.6 Å². The van der Waals surface area contributed by atoms with E-state index >= 15 is 0 Å². The fourth-order valence-corrected chi connectivity index (χ4v) is 4.77. The number of aromatic nitrogens is 1. The molecule has 0 N–H and O–H groups in total. The van der Waals surface area contributed by atoms with Gasteiger partial charge >= 0.3 is 6.09 Å². The average Bonchev–Trinajstić information content (AvgIpc) is 2.97. The Morgan fingerprint density at radius 1 is 1.21 bits per heavy atom. The molecular weight excluding hydrogens is 452 g/mol. The first kappa shape index (κ1) is 24.0. The molecule has 1 aromatic carbocycles. The molecule has 0 atom stereocenters. The van der Waals surface area contributed by atoms with Crippen molar-refractivity contribution in [2.24, 2.45) is 0 Å². The van der Waals surface area contributed by atoms with Gasteiger partial charge in [0.05, 0.1) is 21.7 Å². The van der Waals surface area contributed by atoms with Gasteiger partial charge in [-0.1, -0.05) is 23.7 Å². The number of carbonyl (C=O) groups excluding carboxylic acids is 2. The van der Waals surface area contributed by atoms with Crippen LogP contribution in [-0.4, -0.2) is 40.6 Å². The van der Waals surface area contributed by atoms with Crippen LogP contribution in [0, 0.1) is 11.3 Å². The number of nitriles is 1. The number of halogens is 1. The maximum Gasteiger partial charge on any atom is 0.410 e. The second-order valence-electron chi connectivity index (χ2n) is 10.4. The molecule has 2 aliphatic heterocycles. The molecule has 1 saturated heterocycles. The van der Waals surface area contributed by atoms with Crippen LogP contribution in [0.2, 0.25) is 5.02 Å². The number of carbonyl (C=O) groups is 2. The molecule has 0 radical (unpaired) electrons. The number of piperidine rings is 1. The quantitative estimate of drug-likeness (QED) is 0.552. The van der Waals surface area contributed by atoms with Crippen LogP contribution in [0.3, 0.4) is 0 Å². The van der Waals surface area contributed by atoms with E-state index in [1.165, 1.54) is 4.90 Å². The number of nitrogens with zero attached hydrogens (tertiary/aromatic N) is 4. The van der Waals surface area contributed by atoms with E-state index in [1.54, 1.807) is 23.1 Å². The van der Waals surface area contributed by atoms with Gasteiger partial charge in [0.2, 0.25) is 5.91 Å². The lowest BCUT2D eigenvalue weighted by Crippen LogP contribution is -2.41. The minimum atomic E-state index is -0.782. The predicted molar refractivity (Wildman–Crippen MR) is 130 cm³/mol. The molecule has 3 heterocycles. The second kappa shape index (κ2) is 8.59. The number of pyridine rings is 1. The van der Waals surface area contributed by atoms with Crippen LogP contribution in [0.5, 0.6) is 0 Å². The molecule has 2 aromatic rings. The third-order valence-corrected chi connectivity index (χ3v) is 6.74. The number of hydrogen-bond donors (Lipinski definition) is 0. The minimum Gasteiger partial charge on any atom is -0.444 e. The number of likely N-dealkylation sites (tertiary alicyclic amines) is 1. The highest BCUT2D eigenvalue weighted by Crippen LogP contribution is 2.46. The highest BCUT2D eigenvalue weighted by Gasteiger charge is 2.46. The Balaban J connectivity index is 1.63. The zero-order valence-electron chi connectivity index (χ0n) is 20.2. The van der Waals surface area contributed by atoms with Gasteiger partial charge in [-0.3, -0.25) is 9.69 Å². The molecule has 1 aromatic heterocycles. The number of benzene rings is 1. The Kier molecular flexibility index (Phi) is 6.07. The van der Waals surface area contributed by atoms with Crippen molar-refractivity contribution in [1.82, 2.24) is 9.88 Å². The van der Waals surface area contributed by atoms with E-state index in [9.17, 15) is 14.9 Å². The summed E-state index contributed by atoms with van der Waals surface area (Å²) in [6.07, 6.45) is 1.21. The van der Waals surface area contributed by atoms with Crippen LogP contribution < -0.4 is 4.90 Å². The fraction of sp³-hybridized carbons (Fsp3) is 0.462. The normalized spacial score (nSPS) is 18.0. The Hall–Kier alpha value is -3.11. The van der Waals surface area contributed by atoms with E-state index < -0.39 is 11.0 Å². The van der Waals surface area contributed by atoms with Gasteiger partial charge in [-0.15, -0.1) is 0 Å². The molecule has 0 aliphatic carbocycles. The van der Waals surface area contributed by atoms with Gasteiger partial charge < -0.3 is 9.64 Å². The summed E-state index contributed by atoms with van der Waals surface area (Å²) in [7, 11) is 0. The molecular formula is C26H29ClN4O3. The number of rotatable bonds is 2. The summed E-state index contributed by atoms with van der Waals surface area (Å²) < 4.78 is 5.50. The van der Waals surface area contributed by atoms with E-state index in [0.717, 1.165) is 24.1 Å². The topological polar surface area (TPSA) is 86.5 Å². The zero-order valence-corrected chi connectivity index (χ0v) is 20.9. The number of ether oxygens (including phenoxy) is 1. The zero-order chi connectivity index (χ0) is 24.8. The van der Waals surface area contributed by atoms with Crippen LogP contribution in [0.25, 0.3) is 0 Å². The van der Waals surface area contributed by atoms with Crippen LogP contribution in [0.4, 0.5) is 16.3 Å². The number of anilines is 2. The fourth-order valence-electron chi connectivity index (χ4n) is 4.56. The molecule has 0 unspecified atom stereocenters. The molecule has 8 heteroatoms. The Labute approximate surface area is 205 Å². The first-order valence-electron chi connectivity index (χ1n) is 11.5. The van der Waals surface area contributed by atoms with Crippen molar-refractivity contribution in [2.75, 3.05) is 18.0 Å². The van der Waals surface area contributed by atoms with Gasteiger partial charge in [0.15, 0.2) is 0 Å². The third-order valence-electron chi connectivity index (χ3n) is 6.43. The van der Waals surface area contributed by atoms with Crippen molar-refractivity contribution in [3.8, 4) is 6.07 Å². The van der Waals surface area contributed by atoms with E-state index in [2.05, 4.69) is 6.07 Å². The molecule has 34 heavy (non-hydrogen) atoms. The van der Waals surface area contributed by atoms with Gasteiger partial charge in [-0.25, -0.2) is 9.78 Å². The molecule has 1 fully saturated rings. The van der Waals surface area contributed by atoms with Gasteiger partial charge in [0, 0.05) is 30.3 Å². The van der Waals surface area contributed by atoms with Gasteiger partial charge in [0.25, 0.3) is 0 Å². The predicted octanol–water partition coefficient (Wildman–Crippen LogP) is 5.68. The van der Waals surface area contributed by atoms with Gasteiger partial charge in [-0.2, -0.15) is 5.26 Å². The van der Waals surface area contributed by atoms with Crippen molar-refractivity contribution in [3.63, 3.8) is 0 Å². The van der Waals surface area contributed by atoms with E-state index in [0.29, 0.717) is 29.6 Å². The number of fused-ring (bicyclic) bond motifs is 1. The summed E-state index contributed by atoms with van der Waals surface area (Å²) in [5.41, 5.74) is 1.07. The van der Waals surface area contributed by atoms with Crippen LogP contribution in [0.15, 0.2) is 30.3 Å². The lowest BCUT2D eigenvalue weighted by Gasteiger charge is -2.33.